The number of carbonyl (C=O) groups excluding carboxylic acids is 2. The molecule has 1 N–H and O–H groups in total. The average molecular weight is 421 g/mol. The smallest absolute Gasteiger partial charge is 0.338 e. The van der Waals surface area contributed by atoms with Crippen LogP contribution in [-0.2, 0) is 16.1 Å². The molecule has 31 heavy (non-hydrogen) atoms. The van der Waals surface area contributed by atoms with Crippen LogP contribution in [-0.4, -0.2) is 24.0 Å². The van der Waals surface area contributed by atoms with E-state index in [2.05, 4.69) is 5.32 Å². The fraction of sp³-hybridized carbons (Fsp3) is 0.292. The molecule has 0 unspecified atom stereocenters. The molecule has 1 aliphatic carbocycles. The van der Waals surface area contributed by atoms with Gasteiger partial charge in [-0.1, -0.05) is 12.1 Å². The van der Waals surface area contributed by atoms with Gasteiger partial charge in [0.1, 0.15) is 17.9 Å². The minimum Gasteiger partial charge on any atom is -0.489 e. The second-order valence-electron chi connectivity index (χ2n) is 7.72. The highest BCUT2D eigenvalue weighted by Crippen LogP contribution is 2.23. The van der Waals surface area contributed by atoms with Crippen LogP contribution in [0.4, 0.5) is 0 Å². The highest BCUT2D eigenvalue weighted by atomic mass is 16.5. The molecule has 1 heterocycles. The maximum atomic E-state index is 12.3. The Morgan fingerprint density at radius 1 is 1.13 bits per heavy atom. The van der Waals surface area contributed by atoms with Gasteiger partial charge in [-0.3, -0.25) is 4.79 Å². The molecule has 7 nitrogen and oxygen atoms in total. The first kappa shape index (κ1) is 20.7. The van der Waals surface area contributed by atoms with E-state index in [-0.39, 0.29) is 18.6 Å². The molecule has 4 rings (SSSR count). The number of nitrogens with one attached hydrogen (secondary N) is 1. The first-order valence-electron chi connectivity index (χ1n) is 10.2. The zero-order chi connectivity index (χ0) is 22.0. The third-order valence-corrected chi connectivity index (χ3v) is 5.09. The molecule has 1 atom stereocenters. The van der Waals surface area contributed by atoms with Gasteiger partial charge in [-0.15, -0.1) is 0 Å². The molecular weight excluding hydrogens is 398 g/mol. The number of benzene rings is 2. The van der Waals surface area contributed by atoms with Crippen LogP contribution in [0.5, 0.6) is 5.75 Å². The van der Waals surface area contributed by atoms with Gasteiger partial charge in [-0.25, -0.2) is 9.59 Å². The van der Waals surface area contributed by atoms with Crippen molar-refractivity contribution in [2.45, 2.75) is 45.4 Å². The number of esters is 1. The quantitative estimate of drug-likeness (QED) is 0.463. The van der Waals surface area contributed by atoms with Gasteiger partial charge in [0.25, 0.3) is 5.91 Å². The van der Waals surface area contributed by atoms with E-state index in [1.54, 1.807) is 37.3 Å². The molecule has 0 bridgehead atoms. The van der Waals surface area contributed by atoms with Gasteiger partial charge in [0.15, 0.2) is 6.10 Å². The number of amides is 1. The molecule has 160 valence electrons. The maximum Gasteiger partial charge on any atom is 0.338 e. The molecule has 0 spiro atoms. The van der Waals surface area contributed by atoms with Crippen LogP contribution in [0.1, 0.15) is 41.3 Å². The van der Waals surface area contributed by atoms with Crippen LogP contribution in [0.25, 0.3) is 11.0 Å². The molecule has 1 amide bonds. The van der Waals surface area contributed by atoms with E-state index >= 15 is 0 Å². The second kappa shape index (κ2) is 8.63. The summed E-state index contributed by atoms with van der Waals surface area (Å²) in [5.41, 5.74) is 2.13. The summed E-state index contributed by atoms with van der Waals surface area (Å²) in [5.74, 6) is -0.256. The van der Waals surface area contributed by atoms with E-state index in [0.717, 1.165) is 29.4 Å². The Balaban J connectivity index is 1.35. The zero-order valence-corrected chi connectivity index (χ0v) is 17.3. The third kappa shape index (κ3) is 5.12. The third-order valence-electron chi connectivity index (χ3n) is 5.09. The van der Waals surface area contributed by atoms with Gasteiger partial charge in [0.2, 0.25) is 0 Å². The molecule has 0 aliphatic heterocycles. The van der Waals surface area contributed by atoms with Crippen molar-refractivity contribution in [1.82, 2.24) is 5.32 Å². The number of hydrogen-bond acceptors (Lipinski definition) is 6. The van der Waals surface area contributed by atoms with Crippen molar-refractivity contribution in [1.29, 1.82) is 0 Å². The Morgan fingerprint density at radius 3 is 2.58 bits per heavy atom. The Morgan fingerprint density at radius 2 is 1.87 bits per heavy atom. The van der Waals surface area contributed by atoms with Crippen molar-refractivity contribution in [2.75, 3.05) is 0 Å². The summed E-state index contributed by atoms with van der Waals surface area (Å²) in [6.45, 7) is 3.69. The highest BCUT2D eigenvalue weighted by Gasteiger charge is 2.27. The first-order valence-corrected chi connectivity index (χ1v) is 10.2. The molecule has 7 heteroatoms. The lowest BCUT2D eigenvalue weighted by Crippen LogP contribution is -2.37. The lowest BCUT2D eigenvalue weighted by Gasteiger charge is -2.13. The number of hydrogen-bond donors (Lipinski definition) is 1. The Bertz CT molecular complexity index is 1180. The molecule has 1 aliphatic rings. The van der Waals surface area contributed by atoms with Crippen LogP contribution in [0, 0.1) is 6.92 Å². The predicted molar refractivity (Wildman–Crippen MR) is 114 cm³/mol. The van der Waals surface area contributed by atoms with Crippen molar-refractivity contribution in [2.24, 2.45) is 0 Å². The fourth-order valence-corrected chi connectivity index (χ4v) is 3.13. The Labute approximate surface area is 179 Å². The molecule has 1 fully saturated rings. The lowest BCUT2D eigenvalue weighted by molar-refractivity contribution is -0.129. The van der Waals surface area contributed by atoms with Gasteiger partial charge in [-0.2, -0.15) is 0 Å². The number of aryl methyl sites for hydroxylation is 1. The highest BCUT2D eigenvalue weighted by molar-refractivity contribution is 5.92. The monoisotopic (exact) mass is 421 g/mol. The number of fused-ring (bicyclic) bond motifs is 1. The molecular formula is C24H23NO6. The molecule has 1 aromatic heterocycles. The predicted octanol–water partition coefficient (Wildman–Crippen LogP) is 3.50. The van der Waals surface area contributed by atoms with E-state index in [1.165, 1.54) is 6.07 Å². The van der Waals surface area contributed by atoms with Crippen LogP contribution in [0.3, 0.4) is 0 Å². The molecule has 0 radical (unpaired) electrons. The summed E-state index contributed by atoms with van der Waals surface area (Å²) < 4.78 is 16.3. The molecule has 0 saturated heterocycles. The zero-order valence-electron chi connectivity index (χ0n) is 17.3. The largest absolute Gasteiger partial charge is 0.489 e. The number of ether oxygens (including phenoxy) is 2. The van der Waals surface area contributed by atoms with Gasteiger partial charge in [-0.05, 0) is 62.1 Å². The van der Waals surface area contributed by atoms with Crippen LogP contribution >= 0.6 is 0 Å². The lowest BCUT2D eigenvalue weighted by atomic mass is 10.1. The molecule has 2 aromatic carbocycles. The van der Waals surface area contributed by atoms with Crippen molar-refractivity contribution < 1.29 is 23.5 Å². The van der Waals surface area contributed by atoms with Gasteiger partial charge < -0.3 is 19.2 Å². The number of rotatable bonds is 7. The fourth-order valence-electron chi connectivity index (χ4n) is 3.13. The van der Waals surface area contributed by atoms with Crippen molar-refractivity contribution in [3.8, 4) is 5.75 Å². The summed E-state index contributed by atoms with van der Waals surface area (Å²) in [7, 11) is 0. The van der Waals surface area contributed by atoms with Crippen LogP contribution < -0.4 is 15.7 Å². The summed E-state index contributed by atoms with van der Waals surface area (Å²) in [4.78, 5) is 35.8. The number of carbonyl (C=O) groups is 2. The van der Waals surface area contributed by atoms with Gasteiger partial charge >= 0.3 is 11.6 Å². The second-order valence-corrected chi connectivity index (χ2v) is 7.72. The van der Waals surface area contributed by atoms with E-state index in [9.17, 15) is 14.4 Å². The Hall–Kier alpha value is -3.61. The summed E-state index contributed by atoms with van der Waals surface area (Å²) in [5, 5.41) is 3.67. The van der Waals surface area contributed by atoms with E-state index in [4.69, 9.17) is 13.9 Å². The SMILES string of the molecule is Cc1cc(=O)oc2cc(OCc3ccc(C(=O)O[C@H](C)C(=O)NC4CC4)cc3)ccc12. The molecule has 3 aromatic rings. The average Bonchev–Trinajstić information content (AvgIpc) is 3.56. The normalized spacial score (nSPS) is 14.1. The first-order chi connectivity index (χ1) is 14.9. The van der Waals surface area contributed by atoms with Crippen molar-refractivity contribution in [3.05, 3.63) is 75.6 Å². The summed E-state index contributed by atoms with van der Waals surface area (Å²) in [6, 6.07) is 13.8. The van der Waals surface area contributed by atoms with E-state index < -0.39 is 17.7 Å². The van der Waals surface area contributed by atoms with Crippen molar-refractivity contribution >= 4 is 22.8 Å². The minimum atomic E-state index is -0.840. The van der Waals surface area contributed by atoms with Crippen LogP contribution in [0.2, 0.25) is 0 Å². The van der Waals surface area contributed by atoms with E-state index in [0.29, 0.717) is 16.9 Å². The summed E-state index contributed by atoms with van der Waals surface area (Å²) in [6.07, 6.45) is 1.11. The Kier molecular flexibility index (Phi) is 5.75. The van der Waals surface area contributed by atoms with Crippen LogP contribution in [0.15, 0.2) is 57.7 Å². The van der Waals surface area contributed by atoms with Crippen molar-refractivity contribution in [3.63, 3.8) is 0 Å². The molecule has 1 saturated carbocycles. The standard InChI is InChI=1S/C24H23NO6/c1-14-11-22(26)31-21-12-19(9-10-20(14)21)29-13-16-3-5-17(6-4-16)24(28)30-15(2)23(27)25-18-7-8-18/h3-6,9-12,15,18H,7-8,13H2,1-2H3,(H,25,27)/t15-/m1/s1. The maximum absolute atomic E-state index is 12.3. The summed E-state index contributed by atoms with van der Waals surface area (Å²) >= 11 is 0. The van der Waals surface area contributed by atoms with Gasteiger partial charge in [0, 0.05) is 23.6 Å². The topological polar surface area (TPSA) is 94.8 Å². The van der Waals surface area contributed by atoms with E-state index in [1.807, 2.05) is 19.1 Å². The minimum absolute atomic E-state index is 0.218. The van der Waals surface area contributed by atoms with Gasteiger partial charge in [0.05, 0.1) is 5.56 Å².